The highest BCUT2D eigenvalue weighted by atomic mass is 79.9. The van der Waals surface area contributed by atoms with Crippen LogP contribution in [0.1, 0.15) is 26.3 Å². The summed E-state index contributed by atoms with van der Waals surface area (Å²) in [5, 5.41) is 2.95. The molecule has 0 aliphatic rings. The summed E-state index contributed by atoms with van der Waals surface area (Å²) in [5.41, 5.74) is 0.813. The summed E-state index contributed by atoms with van der Waals surface area (Å²) in [7, 11) is -4.23. The molecule has 0 aromatic heterocycles. The number of hydrogen-bond acceptors (Lipinski definition) is 4. The van der Waals surface area contributed by atoms with E-state index in [1.54, 1.807) is 31.2 Å². The van der Waals surface area contributed by atoms with Gasteiger partial charge in [-0.25, -0.2) is 8.42 Å². The van der Waals surface area contributed by atoms with Gasteiger partial charge in [0.1, 0.15) is 12.6 Å². The maximum Gasteiger partial charge on any atom is 0.264 e. The fourth-order valence-corrected chi connectivity index (χ4v) is 6.08. The molecule has 1 N–H and O–H groups in total. The molecule has 3 rings (SSSR count). The number of rotatable bonds is 10. The van der Waals surface area contributed by atoms with Crippen LogP contribution in [0.2, 0.25) is 10.0 Å². The Morgan fingerprint density at radius 2 is 1.61 bits per heavy atom. The van der Waals surface area contributed by atoms with E-state index in [2.05, 4.69) is 21.2 Å². The third-order valence-electron chi connectivity index (χ3n) is 5.65. The molecule has 0 bridgehead atoms. The predicted octanol–water partition coefficient (Wildman–Crippen LogP) is 5.89. The summed E-state index contributed by atoms with van der Waals surface area (Å²) in [4.78, 5) is 28.2. The molecule has 2 amide bonds. The van der Waals surface area contributed by atoms with Crippen LogP contribution < -0.4 is 9.62 Å². The van der Waals surface area contributed by atoms with Gasteiger partial charge in [0.05, 0.1) is 20.6 Å². The summed E-state index contributed by atoms with van der Waals surface area (Å²) in [6, 6.07) is 18.6. The van der Waals surface area contributed by atoms with E-state index in [9.17, 15) is 18.0 Å². The largest absolute Gasteiger partial charge is 0.352 e. The number of benzene rings is 3. The Hall–Kier alpha value is -2.59. The van der Waals surface area contributed by atoms with E-state index in [1.807, 2.05) is 38.1 Å². The Morgan fingerprint density at radius 3 is 2.24 bits per heavy atom. The third kappa shape index (κ3) is 7.28. The van der Waals surface area contributed by atoms with Crippen molar-refractivity contribution in [1.29, 1.82) is 0 Å². The average molecular weight is 641 g/mol. The number of amides is 2. The van der Waals surface area contributed by atoms with Gasteiger partial charge >= 0.3 is 0 Å². The number of hydrogen-bond donors (Lipinski definition) is 1. The highest BCUT2D eigenvalue weighted by Crippen LogP contribution is 2.35. The second-order valence-electron chi connectivity index (χ2n) is 8.89. The second kappa shape index (κ2) is 13.0. The third-order valence-corrected chi connectivity index (χ3v) is 8.73. The molecule has 38 heavy (non-hydrogen) atoms. The van der Waals surface area contributed by atoms with Crippen LogP contribution >= 0.6 is 39.1 Å². The summed E-state index contributed by atoms with van der Waals surface area (Å²) >= 11 is 16.1. The van der Waals surface area contributed by atoms with Gasteiger partial charge in [-0.1, -0.05) is 75.5 Å². The van der Waals surface area contributed by atoms with Gasteiger partial charge in [0.15, 0.2) is 0 Å². The number of carbonyl (C=O) groups excluding carboxylic acids is 2. The molecule has 7 nitrogen and oxygen atoms in total. The van der Waals surface area contributed by atoms with Crippen molar-refractivity contribution in [2.75, 3.05) is 10.8 Å². The first-order valence-corrected chi connectivity index (χ1v) is 14.8. The standard InChI is InChI=1S/C27H28BrCl2N3O4S/c1-18(2)31-27(35)19(3)32(16-20-9-7-10-21(28)15-20)25(34)17-33(24-14-8-13-23(29)26(24)30)38(36,37)22-11-5-4-6-12-22/h4-15,18-19H,16-17H2,1-3H3,(H,31,35). The van der Waals surface area contributed by atoms with E-state index < -0.39 is 28.5 Å². The van der Waals surface area contributed by atoms with Crippen molar-refractivity contribution in [3.63, 3.8) is 0 Å². The van der Waals surface area contributed by atoms with Gasteiger partial charge in [-0.05, 0) is 62.7 Å². The molecule has 3 aromatic rings. The van der Waals surface area contributed by atoms with Crippen molar-refractivity contribution >= 4 is 66.7 Å². The van der Waals surface area contributed by atoms with Crippen LogP contribution in [0, 0.1) is 0 Å². The first kappa shape index (κ1) is 30.0. The molecular formula is C27H28BrCl2N3O4S. The van der Waals surface area contributed by atoms with E-state index in [0.29, 0.717) is 0 Å². The highest BCUT2D eigenvalue weighted by Gasteiger charge is 2.33. The van der Waals surface area contributed by atoms with Gasteiger partial charge < -0.3 is 10.2 Å². The van der Waals surface area contributed by atoms with Crippen LogP contribution in [0.15, 0.2) is 82.2 Å². The predicted molar refractivity (Wildman–Crippen MR) is 155 cm³/mol. The lowest BCUT2D eigenvalue weighted by Gasteiger charge is -2.32. The van der Waals surface area contributed by atoms with Crippen molar-refractivity contribution in [3.05, 3.63) is 92.9 Å². The summed E-state index contributed by atoms with van der Waals surface area (Å²) in [6.45, 7) is 4.72. The van der Waals surface area contributed by atoms with Crippen molar-refractivity contribution in [2.24, 2.45) is 0 Å². The molecule has 0 spiro atoms. The normalized spacial score (nSPS) is 12.2. The molecule has 0 saturated carbocycles. The van der Waals surface area contributed by atoms with Crippen LogP contribution in [0.3, 0.4) is 0 Å². The minimum atomic E-state index is -4.23. The van der Waals surface area contributed by atoms with Crippen LogP contribution in [-0.4, -0.2) is 43.8 Å². The Labute approximate surface area is 241 Å². The lowest BCUT2D eigenvalue weighted by Crippen LogP contribution is -2.52. The van der Waals surface area contributed by atoms with Gasteiger partial charge in [0.25, 0.3) is 10.0 Å². The maximum atomic E-state index is 13.9. The van der Waals surface area contributed by atoms with Crippen molar-refractivity contribution in [2.45, 2.75) is 44.3 Å². The Kier molecular flexibility index (Phi) is 10.2. The minimum absolute atomic E-state index is 0.00869. The summed E-state index contributed by atoms with van der Waals surface area (Å²) in [6.07, 6.45) is 0. The lowest BCUT2D eigenvalue weighted by atomic mass is 10.1. The second-order valence-corrected chi connectivity index (χ2v) is 12.5. The average Bonchev–Trinajstić information content (AvgIpc) is 2.87. The minimum Gasteiger partial charge on any atom is -0.352 e. The van der Waals surface area contributed by atoms with Gasteiger partial charge in [-0.15, -0.1) is 0 Å². The molecule has 1 unspecified atom stereocenters. The topological polar surface area (TPSA) is 86.8 Å². The quantitative estimate of drug-likeness (QED) is 0.299. The Morgan fingerprint density at radius 1 is 0.947 bits per heavy atom. The zero-order valence-electron chi connectivity index (χ0n) is 21.1. The molecule has 0 aliphatic carbocycles. The molecule has 0 aliphatic heterocycles. The van der Waals surface area contributed by atoms with Crippen LogP contribution in [0.25, 0.3) is 0 Å². The van der Waals surface area contributed by atoms with Crippen LogP contribution in [0.5, 0.6) is 0 Å². The Balaban J connectivity index is 2.07. The number of halogens is 3. The molecule has 0 saturated heterocycles. The number of nitrogens with zero attached hydrogens (tertiary/aromatic N) is 2. The van der Waals surface area contributed by atoms with E-state index in [1.165, 1.54) is 29.2 Å². The Bertz CT molecular complexity index is 1400. The zero-order chi connectivity index (χ0) is 28.0. The highest BCUT2D eigenvalue weighted by molar-refractivity contribution is 9.10. The van der Waals surface area contributed by atoms with Gasteiger partial charge in [0.2, 0.25) is 11.8 Å². The summed E-state index contributed by atoms with van der Waals surface area (Å²) in [5.74, 6) is -0.950. The summed E-state index contributed by atoms with van der Waals surface area (Å²) < 4.78 is 29.3. The number of anilines is 1. The maximum absolute atomic E-state index is 13.9. The molecule has 0 heterocycles. The first-order chi connectivity index (χ1) is 17.9. The molecule has 0 fully saturated rings. The van der Waals surface area contributed by atoms with E-state index in [-0.39, 0.29) is 39.1 Å². The van der Waals surface area contributed by atoms with E-state index in [4.69, 9.17) is 23.2 Å². The van der Waals surface area contributed by atoms with Crippen molar-refractivity contribution in [3.8, 4) is 0 Å². The molecule has 11 heteroatoms. The van der Waals surface area contributed by atoms with Crippen molar-refractivity contribution in [1.82, 2.24) is 10.2 Å². The molecule has 0 radical (unpaired) electrons. The van der Waals surface area contributed by atoms with E-state index >= 15 is 0 Å². The van der Waals surface area contributed by atoms with Gasteiger partial charge in [-0.3, -0.25) is 13.9 Å². The van der Waals surface area contributed by atoms with Crippen LogP contribution in [-0.2, 0) is 26.2 Å². The number of carbonyl (C=O) groups is 2. The van der Waals surface area contributed by atoms with E-state index in [0.717, 1.165) is 14.3 Å². The number of nitrogens with one attached hydrogen (secondary N) is 1. The fourth-order valence-electron chi connectivity index (χ4n) is 3.74. The molecular weight excluding hydrogens is 613 g/mol. The molecule has 202 valence electrons. The van der Waals surface area contributed by atoms with Crippen molar-refractivity contribution < 1.29 is 18.0 Å². The van der Waals surface area contributed by atoms with Gasteiger partial charge in [-0.2, -0.15) is 0 Å². The van der Waals surface area contributed by atoms with Gasteiger partial charge in [0, 0.05) is 17.1 Å². The zero-order valence-corrected chi connectivity index (χ0v) is 25.0. The van der Waals surface area contributed by atoms with Crippen LogP contribution in [0.4, 0.5) is 5.69 Å². The first-order valence-electron chi connectivity index (χ1n) is 11.8. The smallest absolute Gasteiger partial charge is 0.264 e. The fraction of sp³-hybridized carbons (Fsp3) is 0.259. The monoisotopic (exact) mass is 639 g/mol. The molecule has 1 atom stereocenters. The lowest BCUT2D eigenvalue weighted by molar-refractivity contribution is -0.139. The number of sulfonamides is 1. The molecule has 3 aromatic carbocycles. The SMILES string of the molecule is CC(C)NC(=O)C(C)N(Cc1cccc(Br)c1)C(=O)CN(c1cccc(Cl)c1Cl)S(=O)(=O)c1ccccc1.